The van der Waals surface area contributed by atoms with Crippen LogP contribution in [0.2, 0.25) is 0 Å². The smallest absolute Gasteiger partial charge is 0.0771 e. The van der Waals surface area contributed by atoms with E-state index in [1.807, 2.05) is 0 Å². The van der Waals surface area contributed by atoms with Crippen molar-refractivity contribution in [3.8, 4) is 0 Å². The van der Waals surface area contributed by atoms with Crippen molar-refractivity contribution < 1.29 is 0 Å². The van der Waals surface area contributed by atoms with E-state index in [4.69, 9.17) is 18.0 Å². The van der Waals surface area contributed by atoms with E-state index in [9.17, 15) is 0 Å². The maximum atomic E-state index is 5.79. The highest BCUT2D eigenvalue weighted by Crippen LogP contribution is 2.21. The van der Waals surface area contributed by atoms with Gasteiger partial charge in [0.15, 0.2) is 0 Å². The second-order valence-electron chi connectivity index (χ2n) is 5.35. The molecule has 2 rings (SSSR count). The number of piperidine rings is 1. The molecule has 18 heavy (non-hydrogen) atoms. The van der Waals surface area contributed by atoms with Crippen molar-refractivity contribution in [3.63, 3.8) is 0 Å². The van der Waals surface area contributed by atoms with Gasteiger partial charge in [-0.25, -0.2) is 0 Å². The Bertz CT molecular complexity index is 422. The average Bonchev–Trinajstić information content (AvgIpc) is 2.34. The molecule has 2 nitrogen and oxygen atoms in total. The van der Waals surface area contributed by atoms with Gasteiger partial charge in [-0.05, 0) is 49.9 Å². The molecule has 0 amide bonds. The van der Waals surface area contributed by atoms with E-state index in [1.54, 1.807) is 0 Å². The summed E-state index contributed by atoms with van der Waals surface area (Å²) < 4.78 is 0. The van der Waals surface area contributed by atoms with Crippen molar-refractivity contribution >= 4 is 17.2 Å². The number of likely N-dealkylation sites (tertiary alicyclic amines) is 1. The molecule has 1 fully saturated rings. The monoisotopic (exact) mass is 262 g/mol. The number of thiocarbonyl (C=S) groups is 1. The van der Waals surface area contributed by atoms with Gasteiger partial charge in [0.25, 0.3) is 0 Å². The zero-order valence-electron chi connectivity index (χ0n) is 11.3. The Morgan fingerprint density at radius 1 is 1.39 bits per heavy atom. The fourth-order valence-electron chi connectivity index (χ4n) is 2.75. The second-order valence-corrected chi connectivity index (χ2v) is 5.82. The Kier molecular flexibility index (Phi) is 4.36. The molecule has 0 aromatic heterocycles. The molecule has 0 spiro atoms. The van der Waals surface area contributed by atoms with Gasteiger partial charge in [-0.15, -0.1) is 0 Å². The number of nitrogens with two attached hydrogens (primary N) is 1. The summed E-state index contributed by atoms with van der Waals surface area (Å²) in [5, 5.41) is 0. The van der Waals surface area contributed by atoms with Crippen LogP contribution in [0.5, 0.6) is 0 Å². The molecule has 1 aromatic rings. The number of hydrogen-bond acceptors (Lipinski definition) is 2. The van der Waals surface area contributed by atoms with Gasteiger partial charge in [0.1, 0.15) is 0 Å². The zero-order valence-corrected chi connectivity index (χ0v) is 12.1. The van der Waals surface area contributed by atoms with Crippen LogP contribution < -0.4 is 5.73 Å². The number of benzene rings is 1. The average molecular weight is 262 g/mol. The normalized spacial score (nSPS) is 20.9. The number of aryl methyl sites for hydroxylation is 2. The molecule has 0 radical (unpaired) electrons. The topological polar surface area (TPSA) is 29.3 Å². The first-order chi connectivity index (χ1) is 8.58. The Balaban J connectivity index is 2.07. The number of nitrogens with zero attached hydrogens (tertiary/aromatic N) is 1. The fourth-order valence-corrected chi connectivity index (χ4v) is 2.95. The minimum absolute atomic E-state index is 0.401. The number of hydrogen-bond donors (Lipinski definition) is 1. The summed E-state index contributed by atoms with van der Waals surface area (Å²) in [6, 6.07) is 6.51. The maximum absolute atomic E-state index is 5.79. The van der Waals surface area contributed by atoms with E-state index in [0.717, 1.165) is 26.1 Å². The highest BCUT2D eigenvalue weighted by molar-refractivity contribution is 7.80. The lowest BCUT2D eigenvalue weighted by Crippen LogP contribution is -2.40. The predicted molar refractivity (Wildman–Crippen MR) is 80.7 cm³/mol. The third-order valence-electron chi connectivity index (χ3n) is 3.93. The lowest BCUT2D eigenvalue weighted by Gasteiger charge is -2.32. The van der Waals surface area contributed by atoms with Crippen LogP contribution >= 0.6 is 12.2 Å². The van der Waals surface area contributed by atoms with Crippen LogP contribution in [0.15, 0.2) is 18.2 Å². The Morgan fingerprint density at radius 3 is 2.67 bits per heavy atom. The molecule has 1 atom stereocenters. The lowest BCUT2D eigenvalue weighted by molar-refractivity contribution is 0.196. The van der Waals surface area contributed by atoms with Gasteiger partial charge in [0.2, 0.25) is 0 Å². The van der Waals surface area contributed by atoms with Crippen molar-refractivity contribution in [2.45, 2.75) is 33.2 Å². The van der Waals surface area contributed by atoms with E-state index >= 15 is 0 Å². The van der Waals surface area contributed by atoms with Crippen molar-refractivity contribution in [3.05, 3.63) is 34.9 Å². The minimum atomic E-state index is 0.401. The summed E-state index contributed by atoms with van der Waals surface area (Å²) in [5.74, 6) is 0.401. The van der Waals surface area contributed by atoms with Gasteiger partial charge in [0.05, 0.1) is 4.99 Å². The van der Waals surface area contributed by atoms with E-state index in [1.165, 1.54) is 23.1 Å². The molecule has 1 unspecified atom stereocenters. The first-order valence-electron chi connectivity index (χ1n) is 6.64. The van der Waals surface area contributed by atoms with Crippen LogP contribution in [0.25, 0.3) is 0 Å². The van der Waals surface area contributed by atoms with E-state index < -0.39 is 0 Å². The molecule has 0 aliphatic carbocycles. The van der Waals surface area contributed by atoms with Gasteiger partial charge in [0, 0.05) is 19.0 Å². The van der Waals surface area contributed by atoms with Crippen LogP contribution in [-0.2, 0) is 6.54 Å². The highest BCUT2D eigenvalue weighted by Gasteiger charge is 2.22. The summed E-state index contributed by atoms with van der Waals surface area (Å²) >= 11 is 5.14. The fraction of sp³-hybridized carbons (Fsp3) is 0.533. The molecule has 3 heteroatoms. The lowest BCUT2D eigenvalue weighted by atomic mass is 9.96. The van der Waals surface area contributed by atoms with Crippen LogP contribution in [0.1, 0.15) is 29.5 Å². The summed E-state index contributed by atoms with van der Waals surface area (Å²) in [4.78, 5) is 3.17. The van der Waals surface area contributed by atoms with E-state index in [-0.39, 0.29) is 0 Å². The van der Waals surface area contributed by atoms with Gasteiger partial charge < -0.3 is 5.73 Å². The quantitative estimate of drug-likeness (QED) is 0.849. The highest BCUT2D eigenvalue weighted by atomic mass is 32.1. The zero-order chi connectivity index (χ0) is 13.1. The third-order valence-corrected chi connectivity index (χ3v) is 4.27. The first-order valence-corrected chi connectivity index (χ1v) is 7.05. The molecule has 1 aliphatic rings. The first kappa shape index (κ1) is 13.5. The summed E-state index contributed by atoms with van der Waals surface area (Å²) in [7, 11) is 0. The van der Waals surface area contributed by atoms with Crippen molar-refractivity contribution in [2.75, 3.05) is 13.1 Å². The Labute approximate surface area is 115 Å². The summed E-state index contributed by atoms with van der Waals surface area (Å²) in [5.41, 5.74) is 10.0. The predicted octanol–water partition coefficient (Wildman–Crippen LogP) is 2.80. The molecule has 0 bridgehead atoms. The summed E-state index contributed by atoms with van der Waals surface area (Å²) in [6.45, 7) is 7.59. The SMILES string of the molecule is Cc1cccc(C)c1CN1CCCC(C(N)=S)C1. The van der Waals surface area contributed by atoms with Crippen LogP contribution in [-0.4, -0.2) is 23.0 Å². The second kappa shape index (κ2) is 5.81. The molecule has 98 valence electrons. The van der Waals surface area contributed by atoms with E-state index in [2.05, 4.69) is 36.9 Å². The minimum Gasteiger partial charge on any atom is -0.393 e. The van der Waals surface area contributed by atoms with Crippen LogP contribution in [0, 0.1) is 19.8 Å². The molecule has 1 aliphatic heterocycles. The molecule has 0 saturated carbocycles. The van der Waals surface area contributed by atoms with Crippen LogP contribution in [0.3, 0.4) is 0 Å². The third kappa shape index (κ3) is 3.09. The van der Waals surface area contributed by atoms with Gasteiger partial charge in [-0.2, -0.15) is 0 Å². The molecular weight excluding hydrogens is 240 g/mol. The van der Waals surface area contributed by atoms with Gasteiger partial charge in [-0.1, -0.05) is 30.4 Å². The Hall–Kier alpha value is -0.930. The van der Waals surface area contributed by atoms with Crippen molar-refractivity contribution in [1.29, 1.82) is 0 Å². The summed E-state index contributed by atoms with van der Waals surface area (Å²) in [6.07, 6.45) is 2.35. The van der Waals surface area contributed by atoms with Gasteiger partial charge >= 0.3 is 0 Å². The number of rotatable bonds is 3. The molecule has 1 saturated heterocycles. The van der Waals surface area contributed by atoms with E-state index in [0.29, 0.717) is 10.9 Å². The molecule has 1 aromatic carbocycles. The van der Waals surface area contributed by atoms with Crippen molar-refractivity contribution in [1.82, 2.24) is 4.90 Å². The van der Waals surface area contributed by atoms with Crippen LogP contribution in [0.4, 0.5) is 0 Å². The van der Waals surface area contributed by atoms with Crippen molar-refractivity contribution in [2.24, 2.45) is 11.7 Å². The largest absolute Gasteiger partial charge is 0.393 e. The molecular formula is C15H22N2S. The van der Waals surface area contributed by atoms with Gasteiger partial charge in [-0.3, -0.25) is 4.90 Å². The maximum Gasteiger partial charge on any atom is 0.0771 e. The Morgan fingerprint density at radius 2 is 2.06 bits per heavy atom. The molecule has 2 N–H and O–H groups in total. The molecule has 1 heterocycles. The standard InChI is InChI=1S/C15H22N2S/c1-11-5-3-6-12(2)14(11)10-17-8-4-7-13(9-17)15(16)18/h3,5-6,13H,4,7-10H2,1-2H3,(H2,16,18).